The van der Waals surface area contributed by atoms with Gasteiger partial charge >= 0.3 is 5.97 Å². The van der Waals surface area contributed by atoms with E-state index < -0.39 is 0 Å². The van der Waals surface area contributed by atoms with Crippen LogP contribution in [-0.4, -0.2) is 26.7 Å². The maximum Gasteiger partial charge on any atom is 0.311 e. The van der Waals surface area contributed by atoms with E-state index in [1.807, 2.05) is 31.3 Å². The number of ether oxygens (including phenoxy) is 2. The highest BCUT2D eigenvalue weighted by Gasteiger charge is 2.14. The Labute approximate surface area is 102 Å². The minimum Gasteiger partial charge on any atom is -0.492 e. The zero-order valence-corrected chi connectivity index (χ0v) is 10.5. The lowest BCUT2D eigenvalue weighted by Gasteiger charge is -2.14. The number of esters is 1. The SMILES string of the molecule is CNCc1ccccc1OCC(C)C(=O)OC. The third kappa shape index (κ3) is 4.07. The zero-order valence-electron chi connectivity index (χ0n) is 10.5. The molecule has 1 aromatic carbocycles. The number of rotatable bonds is 6. The number of nitrogens with one attached hydrogen (secondary N) is 1. The van der Waals surface area contributed by atoms with E-state index in [9.17, 15) is 4.79 Å². The Morgan fingerprint density at radius 2 is 2.12 bits per heavy atom. The summed E-state index contributed by atoms with van der Waals surface area (Å²) in [5.74, 6) is 0.288. The fraction of sp³-hybridized carbons (Fsp3) is 0.462. The van der Waals surface area contributed by atoms with Crippen LogP contribution in [-0.2, 0) is 16.1 Å². The number of carbonyl (C=O) groups is 1. The summed E-state index contributed by atoms with van der Waals surface area (Å²) in [4.78, 5) is 11.2. The summed E-state index contributed by atoms with van der Waals surface area (Å²) in [6.07, 6.45) is 0. The number of para-hydroxylation sites is 1. The molecule has 0 radical (unpaired) electrons. The van der Waals surface area contributed by atoms with Crippen LogP contribution in [0, 0.1) is 5.92 Å². The minimum absolute atomic E-state index is 0.254. The molecule has 1 rings (SSSR count). The van der Waals surface area contributed by atoms with Gasteiger partial charge in [0.05, 0.1) is 13.0 Å². The van der Waals surface area contributed by atoms with Crippen LogP contribution in [0.4, 0.5) is 0 Å². The number of carbonyl (C=O) groups excluding carboxylic acids is 1. The van der Waals surface area contributed by atoms with Gasteiger partial charge in [0.25, 0.3) is 0 Å². The van der Waals surface area contributed by atoms with Crippen molar-refractivity contribution in [1.82, 2.24) is 5.32 Å². The second-order valence-electron chi connectivity index (χ2n) is 3.87. The summed E-state index contributed by atoms with van der Waals surface area (Å²) < 4.78 is 10.3. The van der Waals surface area contributed by atoms with Crippen molar-refractivity contribution in [3.63, 3.8) is 0 Å². The second-order valence-corrected chi connectivity index (χ2v) is 3.87. The molecular weight excluding hydrogens is 218 g/mol. The molecule has 1 unspecified atom stereocenters. The van der Waals surface area contributed by atoms with Crippen molar-refractivity contribution in [3.8, 4) is 5.75 Å². The van der Waals surface area contributed by atoms with Gasteiger partial charge in [0.2, 0.25) is 0 Å². The third-order valence-electron chi connectivity index (χ3n) is 2.43. The molecular formula is C13H19NO3. The number of hydrogen-bond acceptors (Lipinski definition) is 4. The smallest absolute Gasteiger partial charge is 0.311 e. The molecule has 0 amide bonds. The topological polar surface area (TPSA) is 47.6 Å². The lowest BCUT2D eigenvalue weighted by Crippen LogP contribution is -2.20. The predicted molar refractivity (Wildman–Crippen MR) is 65.9 cm³/mol. The summed E-state index contributed by atoms with van der Waals surface area (Å²) in [7, 11) is 3.27. The Morgan fingerprint density at radius 1 is 1.41 bits per heavy atom. The number of hydrogen-bond donors (Lipinski definition) is 1. The molecule has 0 fully saturated rings. The van der Waals surface area contributed by atoms with E-state index in [1.165, 1.54) is 7.11 Å². The van der Waals surface area contributed by atoms with Crippen LogP contribution in [0.3, 0.4) is 0 Å². The van der Waals surface area contributed by atoms with E-state index >= 15 is 0 Å². The molecule has 4 heteroatoms. The van der Waals surface area contributed by atoms with Crippen molar-refractivity contribution >= 4 is 5.97 Å². The van der Waals surface area contributed by atoms with E-state index in [2.05, 4.69) is 10.1 Å². The summed E-state index contributed by atoms with van der Waals surface area (Å²) in [6.45, 7) is 2.85. The summed E-state index contributed by atoms with van der Waals surface area (Å²) in [5.41, 5.74) is 1.08. The molecule has 4 nitrogen and oxygen atoms in total. The lowest BCUT2D eigenvalue weighted by molar-refractivity contribution is -0.145. The van der Waals surface area contributed by atoms with Crippen molar-refractivity contribution in [1.29, 1.82) is 0 Å². The highest BCUT2D eigenvalue weighted by Crippen LogP contribution is 2.18. The first-order valence-electron chi connectivity index (χ1n) is 5.62. The van der Waals surface area contributed by atoms with Crippen LogP contribution < -0.4 is 10.1 Å². The van der Waals surface area contributed by atoms with E-state index in [-0.39, 0.29) is 11.9 Å². The van der Waals surface area contributed by atoms with Crippen LogP contribution in [0.1, 0.15) is 12.5 Å². The summed E-state index contributed by atoms with van der Waals surface area (Å²) in [6, 6.07) is 7.77. The average molecular weight is 237 g/mol. The van der Waals surface area contributed by atoms with Gasteiger partial charge in [-0.15, -0.1) is 0 Å². The monoisotopic (exact) mass is 237 g/mol. The molecule has 94 valence electrons. The van der Waals surface area contributed by atoms with Crippen LogP contribution in [0.15, 0.2) is 24.3 Å². The largest absolute Gasteiger partial charge is 0.492 e. The zero-order chi connectivity index (χ0) is 12.7. The molecule has 0 saturated heterocycles. The maximum atomic E-state index is 11.2. The highest BCUT2D eigenvalue weighted by atomic mass is 16.5. The Kier molecular flexibility index (Phi) is 5.49. The molecule has 1 aromatic rings. The van der Waals surface area contributed by atoms with Crippen LogP contribution in [0.5, 0.6) is 5.75 Å². The first kappa shape index (κ1) is 13.5. The molecule has 0 spiro atoms. The molecule has 0 saturated carbocycles. The van der Waals surface area contributed by atoms with Crippen molar-refractivity contribution in [2.45, 2.75) is 13.5 Å². The van der Waals surface area contributed by atoms with Crippen molar-refractivity contribution in [3.05, 3.63) is 29.8 Å². The van der Waals surface area contributed by atoms with E-state index in [0.29, 0.717) is 6.61 Å². The Bertz CT molecular complexity index is 365. The van der Waals surface area contributed by atoms with Gasteiger partial charge in [-0.05, 0) is 20.0 Å². The third-order valence-corrected chi connectivity index (χ3v) is 2.43. The van der Waals surface area contributed by atoms with E-state index in [0.717, 1.165) is 17.9 Å². The molecule has 0 aromatic heterocycles. The molecule has 0 aliphatic rings. The first-order valence-corrected chi connectivity index (χ1v) is 5.62. The molecule has 1 atom stereocenters. The van der Waals surface area contributed by atoms with Crippen LogP contribution >= 0.6 is 0 Å². The number of benzene rings is 1. The van der Waals surface area contributed by atoms with Gasteiger partial charge in [0, 0.05) is 12.1 Å². The highest BCUT2D eigenvalue weighted by molar-refractivity contribution is 5.71. The van der Waals surface area contributed by atoms with Gasteiger partial charge in [0.15, 0.2) is 0 Å². The van der Waals surface area contributed by atoms with Gasteiger partial charge in [0.1, 0.15) is 12.4 Å². The molecule has 0 aliphatic carbocycles. The molecule has 1 N–H and O–H groups in total. The normalized spacial score (nSPS) is 11.9. The predicted octanol–water partition coefficient (Wildman–Crippen LogP) is 1.59. The van der Waals surface area contributed by atoms with Gasteiger partial charge < -0.3 is 14.8 Å². The average Bonchev–Trinajstić information content (AvgIpc) is 2.36. The van der Waals surface area contributed by atoms with E-state index in [1.54, 1.807) is 6.92 Å². The first-order chi connectivity index (χ1) is 8.19. The quantitative estimate of drug-likeness (QED) is 0.763. The van der Waals surface area contributed by atoms with E-state index in [4.69, 9.17) is 4.74 Å². The molecule has 0 heterocycles. The Balaban J connectivity index is 2.59. The Hall–Kier alpha value is -1.55. The Morgan fingerprint density at radius 3 is 2.76 bits per heavy atom. The van der Waals surface area contributed by atoms with Gasteiger partial charge in [-0.25, -0.2) is 0 Å². The van der Waals surface area contributed by atoms with Crippen LogP contribution in [0.25, 0.3) is 0 Å². The van der Waals surface area contributed by atoms with Crippen LogP contribution in [0.2, 0.25) is 0 Å². The lowest BCUT2D eigenvalue weighted by atomic mass is 10.2. The van der Waals surface area contributed by atoms with Crippen molar-refractivity contribution < 1.29 is 14.3 Å². The second kappa shape index (κ2) is 6.91. The summed E-state index contributed by atoms with van der Waals surface area (Å²) >= 11 is 0. The fourth-order valence-electron chi connectivity index (χ4n) is 1.47. The maximum absolute atomic E-state index is 11.2. The summed E-state index contributed by atoms with van der Waals surface area (Å²) in [5, 5.41) is 3.07. The fourth-order valence-corrected chi connectivity index (χ4v) is 1.47. The standard InChI is InChI=1S/C13H19NO3/c1-10(13(15)16-3)9-17-12-7-5-4-6-11(12)8-14-2/h4-7,10,14H,8-9H2,1-3H3. The van der Waals surface area contributed by atoms with Gasteiger partial charge in [-0.1, -0.05) is 18.2 Å². The van der Waals surface area contributed by atoms with Gasteiger partial charge in [-0.2, -0.15) is 0 Å². The van der Waals surface area contributed by atoms with Gasteiger partial charge in [-0.3, -0.25) is 4.79 Å². The molecule has 0 aliphatic heterocycles. The minimum atomic E-state index is -0.261. The number of methoxy groups -OCH3 is 1. The molecule has 0 bridgehead atoms. The van der Waals surface area contributed by atoms with Crippen molar-refractivity contribution in [2.75, 3.05) is 20.8 Å². The van der Waals surface area contributed by atoms with Crippen molar-refractivity contribution in [2.24, 2.45) is 5.92 Å². The molecule has 17 heavy (non-hydrogen) atoms.